The molecule has 2 heterocycles. The van der Waals surface area contributed by atoms with Crippen molar-refractivity contribution in [1.29, 1.82) is 0 Å². The lowest BCUT2D eigenvalue weighted by Gasteiger charge is -2.29. The van der Waals surface area contributed by atoms with Gasteiger partial charge in [0.1, 0.15) is 11.1 Å². The fourth-order valence-corrected chi connectivity index (χ4v) is 3.87. The summed E-state index contributed by atoms with van der Waals surface area (Å²) >= 11 is 0. The van der Waals surface area contributed by atoms with Crippen molar-refractivity contribution in [3.8, 4) is 0 Å². The van der Waals surface area contributed by atoms with E-state index in [1.165, 1.54) is 0 Å². The Bertz CT molecular complexity index is 1220. The van der Waals surface area contributed by atoms with E-state index in [4.69, 9.17) is 4.74 Å². The number of rotatable bonds is 7. The Balaban J connectivity index is 1.74. The molecule has 7 nitrogen and oxygen atoms in total. The minimum Gasteiger partial charge on any atom is -0.460 e. The molecule has 0 unspecified atom stereocenters. The number of aromatic nitrogens is 2. The molecule has 1 aromatic carbocycles. The molecule has 178 valence electrons. The first-order valence-electron chi connectivity index (χ1n) is 11.6. The van der Waals surface area contributed by atoms with Crippen molar-refractivity contribution in [3.05, 3.63) is 44.5 Å². The van der Waals surface area contributed by atoms with Gasteiger partial charge >= 0.3 is 5.97 Å². The van der Waals surface area contributed by atoms with Crippen molar-refractivity contribution in [2.45, 2.75) is 79.8 Å². The zero-order chi connectivity index (χ0) is 24.6. The third-order valence-corrected chi connectivity index (χ3v) is 5.93. The topological polar surface area (TPSA) is 87.7 Å². The van der Waals surface area contributed by atoms with Crippen LogP contribution in [0.1, 0.15) is 71.4 Å². The summed E-state index contributed by atoms with van der Waals surface area (Å²) in [6, 6.07) is 4.12. The minimum atomic E-state index is -0.525. The van der Waals surface area contributed by atoms with Crippen LogP contribution in [-0.4, -0.2) is 28.1 Å². The molecule has 1 N–H and O–H groups in total. The molecule has 0 radical (unpaired) electrons. The van der Waals surface area contributed by atoms with Gasteiger partial charge in [-0.3, -0.25) is 9.59 Å². The highest BCUT2D eigenvalue weighted by Gasteiger charge is 2.32. The van der Waals surface area contributed by atoms with Crippen LogP contribution in [0.3, 0.4) is 0 Å². The Morgan fingerprint density at radius 2 is 1.76 bits per heavy atom. The van der Waals surface area contributed by atoms with E-state index in [0.717, 1.165) is 48.2 Å². The lowest BCUT2D eigenvalue weighted by atomic mass is 9.86. The quantitative estimate of drug-likeness (QED) is 0.504. The normalized spacial score (nSPS) is 13.2. The molecule has 33 heavy (non-hydrogen) atoms. The zero-order valence-electron chi connectivity index (χ0n) is 21.0. The molecule has 1 aliphatic rings. The van der Waals surface area contributed by atoms with Gasteiger partial charge < -0.3 is 14.6 Å². The summed E-state index contributed by atoms with van der Waals surface area (Å²) in [4.78, 5) is 38.9. The molecule has 0 saturated carbocycles. The molecule has 3 rings (SSSR count). The standard InChI is InChI=1S/C26H36N4O3/c1-16-14-19-20(15-17(16)2)30(22-21(29-19)23(31)28-18(3)27-22)13-11-9-10-12-26(7,8)24(32)33-25(4,5)6/h14-15H,3,9-13H2,1-2,4-8H3,(H,28,31). The number of hydrogen-bond acceptors (Lipinski definition) is 6. The lowest BCUT2D eigenvalue weighted by molar-refractivity contribution is -0.166. The Morgan fingerprint density at radius 3 is 2.42 bits per heavy atom. The van der Waals surface area contributed by atoms with Gasteiger partial charge in [-0.05, 0) is 84.6 Å². The van der Waals surface area contributed by atoms with Gasteiger partial charge in [0.15, 0.2) is 11.2 Å². The molecule has 0 amide bonds. The van der Waals surface area contributed by atoms with Crippen LogP contribution in [0.4, 0.5) is 17.2 Å². The number of carbonyl (C=O) groups excluding carboxylic acids is 1. The first kappa shape index (κ1) is 24.7. The SMILES string of the molecule is C=c1nc2c(c(=O)[nH]1)=Nc1cc(C)c(C)cc1N2CCCCCC(C)(C)C(=O)OC(C)(C)C. The summed E-state index contributed by atoms with van der Waals surface area (Å²) in [6.45, 7) is 18.2. The highest BCUT2D eigenvalue weighted by Crippen LogP contribution is 2.37. The number of nitrogens with one attached hydrogen (secondary N) is 1. The molecule has 2 aromatic rings. The second-order valence-corrected chi connectivity index (χ2v) is 10.6. The van der Waals surface area contributed by atoms with E-state index in [-0.39, 0.29) is 11.5 Å². The van der Waals surface area contributed by atoms with Crippen LogP contribution in [0, 0.1) is 19.3 Å². The molecule has 0 aliphatic carbocycles. The Morgan fingerprint density at radius 1 is 1.09 bits per heavy atom. The molecule has 1 aliphatic heterocycles. The van der Waals surface area contributed by atoms with Crippen molar-refractivity contribution >= 4 is 29.7 Å². The predicted octanol–water partition coefficient (Wildman–Crippen LogP) is 4.13. The summed E-state index contributed by atoms with van der Waals surface area (Å²) in [7, 11) is 0. The van der Waals surface area contributed by atoms with Crippen LogP contribution in [0.25, 0.3) is 6.58 Å². The molecule has 0 fully saturated rings. The zero-order valence-corrected chi connectivity index (χ0v) is 21.0. The molecule has 0 bridgehead atoms. The third-order valence-electron chi connectivity index (χ3n) is 5.93. The van der Waals surface area contributed by atoms with Crippen LogP contribution in [-0.2, 0) is 9.53 Å². The third kappa shape index (κ3) is 5.70. The number of aromatic amines is 1. The lowest BCUT2D eigenvalue weighted by Crippen LogP contribution is -2.42. The molecule has 1 aromatic heterocycles. The molecule has 0 atom stereocenters. The second kappa shape index (κ2) is 9.12. The number of H-pyrrole nitrogens is 1. The summed E-state index contributed by atoms with van der Waals surface area (Å²) < 4.78 is 5.57. The highest BCUT2D eigenvalue weighted by molar-refractivity contribution is 5.77. The number of ether oxygens (including phenoxy) is 1. The average molecular weight is 453 g/mol. The number of hydrogen-bond donors (Lipinski definition) is 1. The number of fused-ring (bicyclic) bond motifs is 2. The van der Waals surface area contributed by atoms with E-state index in [1.54, 1.807) is 0 Å². The van der Waals surface area contributed by atoms with Crippen LogP contribution in [0.2, 0.25) is 0 Å². The largest absolute Gasteiger partial charge is 0.460 e. The smallest absolute Gasteiger partial charge is 0.312 e. The van der Waals surface area contributed by atoms with Gasteiger partial charge in [-0.15, -0.1) is 0 Å². The maximum atomic E-state index is 12.5. The van der Waals surface area contributed by atoms with E-state index in [0.29, 0.717) is 23.2 Å². The van der Waals surface area contributed by atoms with Gasteiger partial charge in [-0.1, -0.05) is 19.4 Å². The van der Waals surface area contributed by atoms with Gasteiger partial charge in [0, 0.05) is 6.54 Å². The maximum absolute atomic E-state index is 12.5. The predicted molar refractivity (Wildman–Crippen MR) is 132 cm³/mol. The van der Waals surface area contributed by atoms with Gasteiger partial charge in [-0.2, -0.15) is 0 Å². The summed E-state index contributed by atoms with van der Waals surface area (Å²) in [5.41, 5.74) is 3.06. The van der Waals surface area contributed by atoms with Crippen molar-refractivity contribution in [2.24, 2.45) is 10.4 Å². The first-order valence-corrected chi connectivity index (χ1v) is 11.6. The number of benzene rings is 1. The Kier molecular flexibility index (Phi) is 6.82. The Hall–Kier alpha value is -2.96. The van der Waals surface area contributed by atoms with Crippen LogP contribution in [0.15, 0.2) is 21.9 Å². The van der Waals surface area contributed by atoms with E-state index in [9.17, 15) is 9.59 Å². The van der Waals surface area contributed by atoms with E-state index in [1.807, 2.05) is 47.6 Å². The summed E-state index contributed by atoms with van der Waals surface area (Å²) in [6.07, 6.45) is 3.48. The van der Waals surface area contributed by atoms with Crippen molar-refractivity contribution in [2.75, 3.05) is 11.4 Å². The van der Waals surface area contributed by atoms with Crippen LogP contribution in [0.5, 0.6) is 0 Å². The van der Waals surface area contributed by atoms with Gasteiger partial charge in [-0.25, -0.2) is 9.98 Å². The minimum absolute atomic E-state index is 0.159. The van der Waals surface area contributed by atoms with Gasteiger partial charge in [0.05, 0.1) is 16.8 Å². The number of unbranched alkanes of at least 4 members (excludes halogenated alkanes) is 2. The van der Waals surface area contributed by atoms with E-state index in [2.05, 4.69) is 39.4 Å². The Labute approximate surface area is 195 Å². The summed E-state index contributed by atoms with van der Waals surface area (Å²) in [5.74, 6) is 0.390. The molecule has 0 spiro atoms. The number of anilines is 2. The average Bonchev–Trinajstić information content (AvgIpc) is 2.67. The fraction of sp³-hybridized carbons (Fsp3) is 0.538. The number of aryl methyl sites for hydroxylation is 2. The van der Waals surface area contributed by atoms with Crippen molar-refractivity contribution in [1.82, 2.24) is 9.97 Å². The molecule has 7 heteroatoms. The van der Waals surface area contributed by atoms with Gasteiger partial charge in [0.25, 0.3) is 5.56 Å². The fourth-order valence-electron chi connectivity index (χ4n) is 3.87. The number of carbonyl (C=O) groups is 1. The molecular formula is C26H36N4O3. The van der Waals surface area contributed by atoms with Crippen molar-refractivity contribution in [3.63, 3.8) is 0 Å². The number of nitrogens with zero attached hydrogens (tertiary/aromatic N) is 3. The van der Waals surface area contributed by atoms with Crippen LogP contribution < -0.4 is 21.3 Å². The monoisotopic (exact) mass is 452 g/mol. The maximum Gasteiger partial charge on any atom is 0.312 e. The second-order valence-electron chi connectivity index (χ2n) is 10.6. The van der Waals surface area contributed by atoms with Gasteiger partial charge in [0.2, 0.25) is 0 Å². The first-order chi connectivity index (χ1) is 15.3. The van der Waals surface area contributed by atoms with E-state index < -0.39 is 11.0 Å². The molecular weight excluding hydrogens is 416 g/mol. The summed E-state index contributed by atoms with van der Waals surface area (Å²) in [5, 5.41) is 0.323. The molecule has 0 saturated heterocycles. The van der Waals surface area contributed by atoms with Crippen LogP contribution >= 0.6 is 0 Å². The van der Waals surface area contributed by atoms with Crippen molar-refractivity contribution < 1.29 is 9.53 Å². The number of esters is 1. The van der Waals surface area contributed by atoms with E-state index >= 15 is 0 Å². The highest BCUT2D eigenvalue weighted by atomic mass is 16.6.